The number of aromatic nitrogens is 5. The molecule has 5 heterocycles. The van der Waals surface area contributed by atoms with Crippen LogP contribution in [0.4, 0.5) is 0 Å². The first-order valence-corrected chi connectivity index (χ1v) is 25.0. The highest BCUT2D eigenvalue weighted by atomic mass is 15.1. The minimum Gasteiger partial charge on any atom is -0.310 e. The van der Waals surface area contributed by atoms with E-state index < -0.39 is 0 Å². The van der Waals surface area contributed by atoms with Crippen LogP contribution in [0.1, 0.15) is 52.7 Å². The van der Waals surface area contributed by atoms with Gasteiger partial charge in [0.2, 0.25) is 0 Å². The lowest BCUT2D eigenvalue weighted by Gasteiger charge is -2.35. The molecule has 0 spiro atoms. The molecular weight excluding hydrogens is 862 g/mol. The van der Waals surface area contributed by atoms with Crippen molar-refractivity contribution in [3.63, 3.8) is 0 Å². The summed E-state index contributed by atoms with van der Waals surface area (Å²) in [5, 5.41) is 12.8. The van der Waals surface area contributed by atoms with Gasteiger partial charge in [-0.05, 0) is 102 Å². The maximum absolute atomic E-state index is 5.39. The molecule has 0 radical (unpaired) electrons. The molecule has 5 nitrogen and oxygen atoms in total. The predicted octanol–water partition coefficient (Wildman–Crippen LogP) is 14.3. The Labute approximate surface area is 412 Å². The molecule has 15 rings (SSSR count). The van der Waals surface area contributed by atoms with E-state index in [-0.39, 0.29) is 17.5 Å². The van der Waals surface area contributed by atoms with Gasteiger partial charge in [0.1, 0.15) is 0 Å². The molecule has 0 unspecified atom stereocenters. The maximum atomic E-state index is 5.39. The molecule has 13 aromatic rings. The summed E-state index contributed by atoms with van der Waals surface area (Å²) in [6, 6.07) is 67.4. The van der Waals surface area contributed by atoms with Crippen molar-refractivity contribution in [3.05, 3.63) is 193 Å². The van der Waals surface area contributed by atoms with Crippen LogP contribution in [0.25, 0.3) is 121 Å². The Balaban J connectivity index is 1.14. The average Bonchev–Trinajstić information content (AvgIpc) is 3.93. The van der Waals surface area contributed by atoms with Gasteiger partial charge < -0.3 is 9.13 Å². The molecule has 0 aliphatic carbocycles. The number of nitrogens with zero attached hydrogens (tertiary/aromatic N) is 5. The summed E-state index contributed by atoms with van der Waals surface area (Å²) in [7, 11) is 0. The summed E-state index contributed by atoms with van der Waals surface area (Å²) in [6.45, 7) is 14.0. The van der Waals surface area contributed by atoms with Gasteiger partial charge in [-0.25, -0.2) is 15.0 Å². The van der Waals surface area contributed by atoms with Gasteiger partial charge in [-0.3, -0.25) is 0 Å². The zero-order valence-electron chi connectivity index (χ0n) is 40.6. The number of benzene rings is 10. The molecular formula is C65H48BN5. The first-order chi connectivity index (χ1) is 34.5. The van der Waals surface area contributed by atoms with E-state index >= 15 is 0 Å². The second-order valence-electron chi connectivity index (χ2n) is 22.0. The number of para-hydroxylation sites is 1. The third-order valence-corrected chi connectivity index (χ3v) is 15.8. The first kappa shape index (κ1) is 40.5. The monoisotopic (exact) mass is 909 g/mol. The topological polar surface area (TPSA) is 48.5 Å². The van der Waals surface area contributed by atoms with Crippen molar-refractivity contribution in [2.75, 3.05) is 0 Å². The molecule has 0 saturated heterocycles. The largest absolute Gasteiger partial charge is 0.310 e. The summed E-state index contributed by atoms with van der Waals surface area (Å²) in [4.78, 5) is 15.9. The lowest BCUT2D eigenvalue weighted by Crippen LogP contribution is -2.59. The highest BCUT2D eigenvalue weighted by Crippen LogP contribution is 2.46. The molecule has 71 heavy (non-hydrogen) atoms. The van der Waals surface area contributed by atoms with Crippen molar-refractivity contribution >= 4 is 99.0 Å². The number of fused-ring (bicyclic) bond motifs is 17. The number of rotatable bonds is 3. The van der Waals surface area contributed by atoms with E-state index in [1.54, 1.807) is 0 Å². The molecule has 0 amide bonds. The second-order valence-corrected chi connectivity index (χ2v) is 22.0. The summed E-state index contributed by atoms with van der Waals surface area (Å²) in [6.07, 6.45) is 0. The molecule has 2 aliphatic rings. The van der Waals surface area contributed by atoms with Crippen LogP contribution >= 0.6 is 0 Å². The standard InChI is InChI=1S/C65H48BN5/c1-64(2,3)40-28-30-52-48(34-40)49-35-41(65(4,5)6)36-51-60(49)70(52)54-32-39(63-68-61(37-18-9-7-10-19-37)67-62(69-63)38-20-11-8-12-21-38)33-55-58(54)66(51)50-27-17-26-47-57-53(71(55)59(47)50)31-29-46-44-24-14-13-22-42(44)43-23-15-16-25-45(43)56(46)57/h7-36H,1-6H3. The molecule has 10 aromatic carbocycles. The van der Waals surface area contributed by atoms with Crippen LogP contribution in [0, 0.1) is 0 Å². The Morgan fingerprint density at radius 1 is 0.352 bits per heavy atom. The molecule has 2 aliphatic heterocycles. The van der Waals surface area contributed by atoms with Crippen molar-refractivity contribution in [2.45, 2.75) is 52.4 Å². The van der Waals surface area contributed by atoms with E-state index in [1.165, 1.54) is 103 Å². The Morgan fingerprint density at radius 3 is 1.46 bits per heavy atom. The Hall–Kier alpha value is -8.35. The van der Waals surface area contributed by atoms with Gasteiger partial charge in [-0.2, -0.15) is 0 Å². The van der Waals surface area contributed by atoms with Gasteiger partial charge in [0.15, 0.2) is 17.5 Å². The van der Waals surface area contributed by atoms with Gasteiger partial charge in [-0.15, -0.1) is 0 Å². The summed E-state index contributed by atoms with van der Waals surface area (Å²) in [5.74, 6) is 1.93. The van der Waals surface area contributed by atoms with Crippen LogP contribution in [-0.2, 0) is 10.8 Å². The third-order valence-electron chi connectivity index (χ3n) is 15.8. The lowest BCUT2D eigenvalue weighted by molar-refractivity contribution is 0.590. The minimum atomic E-state index is -0.0857. The van der Waals surface area contributed by atoms with Crippen LogP contribution in [0.3, 0.4) is 0 Å². The van der Waals surface area contributed by atoms with Crippen LogP contribution < -0.4 is 16.4 Å². The molecule has 6 heteroatoms. The van der Waals surface area contributed by atoms with Gasteiger partial charge in [-0.1, -0.05) is 187 Å². The fourth-order valence-electron chi connectivity index (χ4n) is 12.4. The molecule has 0 saturated carbocycles. The highest BCUT2D eigenvalue weighted by molar-refractivity contribution is 7.00. The van der Waals surface area contributed by atoms with Gasteiger partial charge in [0.25, 0.3) is 6.71 Å². The fraction of sp³-hybridized carbons (Fsp3) is 0.123. The summed E-state index contributed by atoms with van der Waals surface area (Å²) < 4.78 is 5.18. The van der Waals surface area contributed by atoms with E-state index in [4.69, 9.17) is 15.0 Å². The van der Waals surface area contributed by atoms with E-state index in [0.29, 0.717) is 17.5 Å². The average molecular weight is 910 g/mol. The minimum absolute atomic E-state index is 0.0232. The fourth-order valence-corrected chi connectivity index (χ4v) is 12.4. The van der Waals surface area contributed by atoms with Crippen molar-refractivity contribution < 1.29 is 0 Å². The molecule has 0 N–H and O–H groups in total. The lowest BCUT2D eigenvalue weighted by atomic mass is 9.34. The van der Waals surface area contributed by atoms with Crippen LogP contribution in [0.2, 0.25) is 0 Å². The first-order valence-electron chi connectivity index (χ1n) is 25.0. The molecule has 0 fully saturated rings. The molecule has 3 aromatic heterocycles. The normalized spacial score (nSPS) is 13.2. The second kappa shape index (κ2) is 14.1. The smallest absolute Gasteiger partial charge is 0.252 e. The molecule has 0 atom stereocenters. The van der Waals surface area contributed by atoms with E-state index in [0.717, 1.165) is 28.1 Å². The van der Waals surface area contributed by atoms with Gasteiger partial charge in [0, 0.05) is 66.0 Å². The van der Waals surface area contributed by atoms with E-state index in [9.17, 15) is 0 Å². The van der Waals surface area contributed by atoms with Crippen LogP contribution in [0.5, 0.6) is 0 Å². The summed E-state index contributed by atoms with van der Waals surface area (Å²) >= 11 is 0. The maximum Gasteiger partial charge on any atom is 0.252 e. The van der Waals surface area contributed by atoms with E-state index in [1.807, 2.05) is 12.1 Å². The number of hydrogen-bond acceptors (Lipinski definition) is 3. The molecule has 0 bridgehead atoms. The Bertz CT molecular complexity index is 4380. The SMILES string of the molecule is CC(C)(C)c1ccc2c(c1)c1cc(C(C)(C)C)cc3c1n2-c1cc(-c2nc(-c4ccccc4)nc(-c4ccccc4)n2)cc2c1B3c1cccc3c4c5c6ccccc6c6ccccc6c5ccc4n-2c13. The highest BCUT2D eigenvalue weighted by Gasteiger charge is 2.42. The van der Waals surface area contributed by atoms with Gasteiger partial charge in [0.05, 0.1) is 11.0 Å². The van der Waals surface area contributed by atoms with Crippen molar-refractivity contribution in [3.8, 4) is 45.5 Å². The zero-order valence-corrected chi connectivity index (χ0v) is 40.6. The van der Waals surface area contributed by atoms with Crippen LogP contribution in [-0.4, -0.2) is 30.8 Å². The van der Waals surface area contributed by atoms with Crippen LogP contribution in [0.15, 0.2) is 182 Å². The number of hydrogen-bond donors (Lipinski definition) is 0. The van der Waals surface area contributed by atoms with Crippen molar-refractivity contribution in [1.82, 2.24) is 24.1 Å². The summed E-state index contributed by atoms with van der Waals surface area (Å²) in [5.41, 5.74) is 16.6. The van der Waals surface area contributed by atoms with Gasteiger partial charge >= 0.3 is 0 Å². The predicted molar refractivity (Wildman–Crippen MR) is 299 cm³/mol. The Morgan fingerprint density at radius 2 is 0.845 bits per heavy atom. The van der Waals surface area contributed by atoms with Crippen molar-refractivity contribution in [2.24, 2.45) is 0 Å². The quantitative estimate of drug-likeness (QED) is 0.131. The van der Waals surface area contributed by atoms with Crippen molar-refractivity contribution in [1.29, 1.82) is 0 Å². The molecule has 336 valence electrons. The Kier molecular flexibility index (Phi) is 8.07. The zero-order chi connectivity index (χ0) is 47.7. The van der Waals surface area contributed by atoms with E-state index in [2.05, 4.69) is 221 Å². The third kappa shape index (κ3) is 5.62.